The van der Waals surface area contributed by atoms with Gasteiger partial charge in [0.05, 0.1) is 6.54 Å². The highest BCUT2D eigenvalue weighted by Gasteiger charge is 2.34. The summed E-state index contributed by atoms with van der Waals surface area (Å²) in [5.74, 6) is 0.742. The number of fused-ring (bicyclic) bond motifs is 3. The number of carbonyl (C=O) groups is 1. The fraction of sp³-hybridized carbons (Fsp3) is 0.389. The molecule has 3 aromatic heterocycles. The van der Waals surface area contributed by atoms with Crippen LogP contribution in [-0.4, -0.2) is 64.9 Å². The van der Waals surface area contributed by atoms with Crippen LogP contribution in [0.5, 0.6) is 0 Å². The van der Waals surface area contributed by atoms with Gasteiger partial charge in [-0.15, -0.1) is 0 Å². The molecular formula is C18H18F3N5O2. The van der Waals surface area contributed by atoms with Gasteiger partial charge in [-0.1, -0.05) is 0 Å². The highest BCUT2D eigenvalue weighted by atomic mass is 19.4. The summed E-state index contributed by atoms with van der Waals surface area (Å²) in [4.78, 5) is 26.4. The number of aromatic amines is 1. The second-order valence-corrected chi connectivity index (χ2v) is 6.81. The molecule has 1 aliphatic heterocycles. The van der Waals surface area contributed by atoms with Crippen molar-refractivity contribution in [3.05, 3.63) is 30.7 Å². The summed E-state index contributed by atoms with van der Waals surface area (Å²) in [6, 6.07) is 3.80. The van der Waals surface area contributed by atoms with Crippen molar-refractivity contribution in [1.29, 1.82) is 0 Å². The van der Waals surface area contributed by atoms with Gasteiger partial charge in [-0.2, -0.15) is 13.2 Å². The lowest BCUT2D eigenvalue weighted by Gasteiger charge is -2.22. The Morgan fingerprint density at radius 1 is 1.39 bits per heavy atom. The molecule has 7 nitrogen and oxygen atoms in total. The third kappa shape index (κ3) is 3.54. The molecule has 1 saturated heterocycles. The van der Waals surface area contributed by atoms with E-state index in [9.17, 15) is 18.0 Å². The van der Waals surface area contributed by atoms with E-state index in [4.69, 9.17) is 4.74 Å². The number of halogens is 3. The number of alkyl halides is 3. The van der Waals surface area contributed by atoms with Crippen LogP contribution in [0.2, 0.25) is 0 Å². The van der Waals surface area contributed by atoms with E-state index in [2.05, 4.69) is 15.0 Å². The zero-order valence-corrected chi connectivity index (χ0v) is 15.0. The number of nitrogens with zero attached hydrogens (tertiary/aromatic N) is 4. The third-order valence-electron chi connectivity index (χ3n) is 4.73. The Morgan fingerprint density at radius 3 is 3.00 bits per heavy atom. The quantitative estimate of drug-likeness (QED) is 0.739. The molecule has 1 fully saturated rings. The van der Waals surface area contributed by atoms with E-state index in [0.29, 0.717) is 24.4 Å². The van der Waals surface area contributed by atoms with Gasteiger partial charge in [-0.3, -0.25) is 0 Å². The molecule has 4 rings (SSSR count). The summed E-state index contributed by atoms with van der Waals surface area (Å²) >= 11 is 0. The number of H-pyrrole nitrogens is 1. The zero-order valence-electron chi connectivity index (χ0n) is 15.0. The summed E-state index contributed by atoms with van der Waals surface area (Å²) in [6.07, 6.45) is -0.161. The fourth-order valence-electron chi connectivity index (χ4n) is 3.47. The van der Waals surface area contributed by atoms with Crippen LogP contribution in [0.4, 0.5) is 23.8 Å². The molecule has 0 spiro atoms. The van der Waals surface area contributed by atoms with E-state index >= 15 is 0 Å². The summed E-state index contributed by atoms with van der Waals surface area (Å²) in [5.41, 5.74) is 0.748. The molecule has 10 heteroatoms. The van der Waals surface area contributed by atoms with Crippen molar-refractivity contribution in [2.75, 3.05) is 31.6 Å². The Hall–Kier alpha value is -3.04. The molecule has 1 aliphatic rings. The smallest absolute Gasteiger partial charge is 0.410 e. The van der Waals surface area contributed by atoms with Crippen LogP contribution in [-0.2, 0) is 4.74 Å². The van der Waals surface area contributed by atoms with E-state index in [1.54, 1.807) is 18.6 Å². The molecule has 4 heterocycles. The predicted octanol–water partition coefficient (Wildman–Crippen LogP) is 3.32. The van der Waals surface area contributed by atoms with Crippen molar-refractivity contribution >= 4 is 33.7 Å². The van der Waals surface area contributed by atoms with Crippen LogP contribution in [0.25, 0.3) is 21.8 Å². The maximum Gasteiger partial charge on any atom is 0.410 e. The van der Waals surface area contributed by atoms with Crippen LogP contribution in [0.1, 0.15) is 6.42 Å². The molecular weight excluding hydrogens is 375 g/mol. The van der Waals surface area contributed by atoms with Crippen molar-refractivity contribution in [1.82, 2.24) is 19.9 Å². The lowest BCUT2D eigenvalue weighted by molar-refractivity contribution is -0.140. The van der Waals surface area contributed by atoms with E-state index in [1.165, 1.54) is 0 Å². The van der Waals surface area contributed by atoms with Crippen molar-refractivity contribution in [3.8, 4) is 0 Å². The van der Waals surface area contributed by atoms with Crippen LogP contribution in [0.15, 0.2) is 30.7 Å². The lowest BCUT2D eigenvalue weighted by atomic mass is 10.1. The van der Waals surface area contributed by atoms with E-state index in [1.807, 2.05) is 17.0 Å². The van der Waals surface area contributed by atoms with Gasteiger partial charge in [-0.25, -0.2) is 14.8 Å². The topological polar surface area (TPSA) is 74.3 Å². The molecule has 0 bridgehead atoms. The van der Waals surface area contributed by atoms with Crippen LogP contribution in [0.3, 0.4) is 0 Å². The first kappa shape index (κ1) is 18.3. The minimum atomic E-state index is -4.46. The molecule has 28 heavy (non-hydrogen) atoms. The zero-order chi connectivity index (χ0) is 19.9. The number of hydrogen-bond donors (Lipinski definition) is 1. The van der Waals surface area contributed by atoms with Crippen LogP contribution in [0, 0.1) is 0 Å². The van der Waals surface area contributed by atoms with E-state index in [0.717, 1.165) is 34.7 Å². The molecule has 3 aromatic rings. The second kappa shape index (κ2) is 6.84. The molecule has 0 radical (unpaired) electrons. The first-order valence-corrected chi connectivity index (χ1v) is 8.76. The van der Waals surface area contributed by atoms with Gasteiger partial charge in [0.25, 0.3) is 0 Å². The second-order valence-electron chi connectivity index (χ2n) is 6.81. The lowest BCUT2D eigenvalue weighted by Crippen LogP contribution is -2.38. The van der Waals surface area contributed by atoms with Crippen molar-refractivity contribution in [3.63, 3.8) is 0 Å². The number of carbonyl (C=O) groups excluding carboxylic acids is 1. The molecule has 1 atom stereocenters. The number of amides is 1. The van der Waals surface area contributed by atoms with Crippen molar-refractivity contribution < 1.29 is 22.7 Å². The Labute approximate surface area is 158 Å². The number of ether oxygens (including phenoxy) is 1. The normalized spacial score (nSPS) is 17.4. The summed E-state index contributed by atoms with van der Waals surface area (Å²) in [6.45, 7) is -0.390. The summed E-state index contributed by atoms with van der Waals surface area (Å²) < 4.78 is 42.6. The fourth-order valence-corrected chi connectivity index (χ4v) is 3.47. The molecule has 1 unspecified atom stereocenters. The van der Waals surface area contributed by atoms with Gasteiger partial charge in [0.15, 0.2) is 0 Å². The van der Waals surface area contributed by atoms with Gasteiger partial charge in [0.2, 0.25) is 0 Å². The highest BCUT2D eigenvalue weighted by Crippen LogP contribution is 2.32. The monoisotopic (exact) mass is 393 g/mol. The van der Waals surface area contributed by atoms with E-state index < -0.39 is 24.9 Å². The Balaban J connectivity index is 1.52. The maximum absolute atomic E-state index is 12.4. The van der Waals surface area contributed by atoms with Gasteiger partial charge in [0, 0.05) is 54.8 Å². The largest absolute Gasteiger partial charge is 0.444 e. The predicted molar refractivity (Wildman–Crippen MR) is 97.2 cm³/mol. The minimum absolute atomic E-state index is 0.367. The summed E-state index contributed by atoms with van der Waals surface area (Å²) in [7, 11) is 1.07. The van der Waals surface area contributed by atoms with Crippen molar-refractivity contribution in [2.24, 2.45) is 0 Å². The van der Waals surface area contributed by atoms with Crippen LogP contribution < -0.4 is 4.90 Å². The SMILES string of the molecule is CN(CC(F)(F)F)C(=O)OC1CCN(c2nccc3cnc4[nH]ccc4c23)C1. The highest BCUT2D eigenvalue weighted by molar-refractivity contribution is 6.10. The molecule has 0 aromatic carbocycles. The number of hydrogen-bond acceptors (Lipinski definition) is 5. The third-order valence-corrected chi connectivity index (χ3v) is 4.73. The van der Waals surface area contributed by atoms with Crippen molar-refractivity contribution in [2.45, 2.75) is 18.7 Å². The minimum Gasteiger partial charge on any atom is -0.444 e. The first-order chi connectivity index (χ1) is 13.3. The van der Waals surface area contributed by atoms with Crippen LogP contribution >= 0.6 is 0 Å². The Morgan fingerprint density at radius 2 is 2.21 bits per heavy atom. The van der Waals surface area contributed by atoms with Gasteiger partial charge < -0.3 is 19.5 Å². The van der Waals surface area contributed by atoms with Gasteiger partial charge in [0.1, 0.15) is 24.1 Å². The Kier molecular flexibility index (Phi) is 4.48. The molecule has 0 aliphatic carbocycles. The number of rotatable bonds is 3. The standard InChI is InChI=1S/C18H18F3N5O2/c1-25(10-18(19,20)21)17(27)28-12-4-7-26(9-12)16-14-11(2-5-23-16)8-24-15-13(14)3-6-22-15/h2-3,5-6,8,12H,4,7,9-10H2,1H3,(H,22,24). The summed E-state index contributed by atoms with van der Waals surface area (Å²) in [5, 5.41) is 2.81. The number of anilines is 1. The molecule has 1 amide bonds. The van der Waals surface area contributed by atoms with Gasteiger partial charge >= 0.3 is 12.3 Å². The number of nitrogens with one attached hydrogen (secondary N) is 1. The average Bonchev–Trinajstić information content (AvgIpc) is 3.28. The molecule has 0 saturated carbocycles. The van der Waals surface area contributed by atoms with Gasteiger partial charge in [-0.05, 0) is 12.1 Å². The Bertz CT molecular complexity index is 1020. The molecule has 148 valence electrons. The number of pyridine rings is 2. The maximum atomic E-state index is 12.4. The number of aromatic nitrogens is 3. The average molecular weight is 393 g/mol. The van der Waals surface area contributed by atoms with E-state index in [-0.39, 0.29) is 0 Å². The molecule has 1 N–H and O–H groups in total. The first-order valence-electron chi connectivity index (χ1n) is 8.76.